The van der Waals surface area contributed by atoms with Gasteiger partial charge in [0.05, 0.1) is 17.2 Å². The molecule has 2 aromatic heterocycles. The van der Waals surface area contributed by atoms with Crippen LogP contribution < -0.4 is 4.90 Å². The van der Waals surface area contributed by atoms with Crippen molar-refractivity contribution in [3.05, 3.63) is 66.5 Å². The van der Waals surface area contributed by atoms with Crippen molar-refractivity contribution in [2.45, 2.75) is 38.6 Å². The number of H-pyrrole nitrogens is 1. The van der Waals surface area contributed by atoms with Crippen LogP contribution in [0.25, 0.3) is 21.9 Å². The predicted octanol–water partition coefficient (Wildman–Crippen LogP) is 5.55. The van der Waals surface area contributed by atoms with Crippen LogP contribution in [0.1, 0.15) is 44.2 Å². The van der Waals surface area contributed by atoms with Crippen molar-refractivity contribution in [3.63, 3.8) is 0 Å². The van der Waals surface area contributed by atoms with E-state index in [1.807, 2.05) is 24.4 Å². The van der Waals surface area contributed by atoms with Gasteiger partial charge in [-0.1, -0.05) is 30.3 Å². The number of benzene rings is 2. The van der Waals surface area contributed by atoms with Gasteiger partial charge >= 0.3 is 0 Å². The van der Waals surface area contributed by atoms with Gasteiger partial charge < -0.3 is 9.88 Å². The molecule has 164 valence electrons. The first-order valence-electron chi connectivity index (χ1n) is 12.0. The van der Waals surface area contributed by atoms with Gasteiger partial charge in [-0.15, -0.1) is 0 Å². The zero-order valence-electron chi connectivity index (χ0n) is 18.8. The molecule has 0 amide bonds. The Morgan fingerprint density at radius 1 is 0.938 bits per heavy atom. The van der Waals surface area contributed by atoms with Gasteiger partial charge in [0.2, 0.25) is 0 Å². The van der Waals surface area contributed by atoms with Crippen molar-refractivity contribution in [2.75, 3.05) is 31.1 Å². The molecule has 4 aromatic rings. The maximum Gasteiger partial charge on any atom is 0.147 e. The molecular formula is C27H31N5. The zero-order valence-corrected chi connectivity index (χ0v) is 18.8. The zero-order chi connectivity index (χ0) is 21.5. The summed E-state index contributed by atoms with van der Waals surface area (Å²) in [7, 11) is 0. The first-order valence-corrected chi connectivity index (χ1v) is 12.0. The summed E-state index contributed by atoms with van der Waals surface area (Å²) >= 11 is 0. The number of hydrogen-bond acceptors (Lipinski definition) is 4. The molecule has 32 heavy (non-hydrogen) atoms. The Balaban J connectivity index is 1.17. The summed E-state index contributed by atoms with van der Waals surface area (Å²) in [6.45, 7) is 6.92. The first-order chi connectivity index (χ1) is 15.7. The fraction of sp³-hybridized carbons (Fsp3) is 0.407. The fourth-order valence-corrected chi connectivity index (χ4v) is 5.93. The minimum absolute atomic E-state index is 0.430. The minimum Gasteiger partial charge on any atom is -0.361 e. The van der Waals surface area contributed by atoms with Crippen molar-refractivity contribution in [1.29, 1.82) is 0 Å². The van der Waals surface area contributed by atoms with E-state index in [9.17, 15) is 0 Å². The standard InChI is InChI=1S/C27H31N5/c1-20(22-17-28-23-8-3-2-7-21(22)23)32-14-6-11-27(19-32)12-15-31(16-13-27)26-18-29-24-9-4-5-10-25(24)30-26/h2-5,7-10,17-18,20,28H,6,11-16,19H2,1H3. The molecule has 2 saturated heterocycles. The molecule has 0 radical (unpaired) electrons. The van der Waals surface area contributed by atoms with Crippen LogP contribution in [0, 0.1) is 5.41 Å². The second-order valence-corrected chi connectivity index (χ2v) is 9.74. The number of hydrogen-bond donors (Lipinski definition) is 1. The molecule has 1 unspecified atom stereocenters. The summed E-state index contributed by atoms with van der Waals surface area (Å²) in [5, 5.41) is 1.37. The molecule has 0 saturated carbocycles. The Kier molecular flexibility index (Phi) is 4.87. The van der Waals surface area contributed by atoms with E-state index in [2.05, 4.69) is 63.2 Å². The lowest BCUT2D eigenvalue weighted by atomic mass is 9.72. The summed E-state index contributed by atoms with van der Waals surface area (Å²) < 4.78 is 0. The molecule has 0 bridgehead atoms. The molecule has 0 aliphatic carbocycles. The van der Waals surface area contributed by atoms with Crippen molar-refractivity contribution >= 4 is 27.8 Å². The molecular weight excluding hydrogens is 394 g/mol. The lowest BCUT2D eigenvalue weighted by Crippen LogP contribution is -2.50. The van der Waals surface area contributed by atoms with E-state index in [0.717, 1.165) is 29.9 Å². The quantitative estimate of drug-likeness (QED) is 0.467. The van der Waals surface area contributed by atoms with E-state index >= 15 is 0 Å². The molecule has 1 atom stereocenters. The van der Waals surface area contributed by atoms with E-state index in [-0.39, 0.29) is 0 Å². The lowest BCUT2D eigenvalue weighted by molar-refractivity contribution is 0.0419. The van der Waals surface area contributed by atoms with E-state index in [0.29, 0.717) is 11.5 Å². The normalized spacial score (nSPS) is 20.2. The molecule has 5 heteroatoms. The summed E-state index contributed by atoms with van der Waals surface area (Å²) in [5.74, 6) is 1.03. The summed E-state index contributed by atoms with van der Waals surface area (Å²) in [6, 6.07) is 17.3. The molecule has 1 spiro atoms. The average molecular weight is 426 g/mol. The highest BCUT2D eigenvalue weighted by Crippen LogP contribution is 2.43. The minimum atomic E-state index is 0.430. The van der Waals surface area contributed by atoms with Gasteiger partial charge in [0.25, 0.3) is 0 Å². The Morgan fingerprint density at radius 2 is 1.72 bits per heavy atom. The topological polar surface area (TPSA) is 48.1 Å². The third kappa shape index (κ3) is 3.45. The molecule has 1 N–H and O–H groups in total. The van der Waals surface area contributed by atoms with Crippen molar-refractivity contribution in [2.24, 2.45) is 5.41 Å². The van der Waals surface area contributed by atoms with Crippen LogP contribution in [0.2, 0.25) is 0 Å². The lowest BCUT2D eigenvalue weighted by Gasteiger charge is -2.49. The number of fused-ring (bicyclic) bond motifs is 2. The van der Waals surface area contributed by atoms with Crippen LogP contribution in [0.5, 0.6) is 0 Å². The molecule has 4 heterocycles. The van der Waals surface area contributed by atoms with Crippen LogP contribution in [-0.4, -0.2) is 46.0 Å². The number of piperidine rings is 2. The summed E-state index contributed by atoms with van der Waals surface area (Å²) in [5.41, 5.74) is 5.06. The second-order valence-electron chi connectivity index (χ2n) is 9.74. The summed E-state index contributed by atoms with van der Waals surface area (Å²) in [6.07, 6.45) is 9.28. The summed E-state index contributed by atoms with van der Waals surface area (Å²) in [4.78, 5) is 18.2. The smallest absolute Gasteiger partial charge is 0.147 e. The highest BCUT2D eigenvalue weighted by atomic mass is 15.2. The van der Waals surface area contributed by atoms with Gasteiger partial charge in [-0.2, -0.15) is 0 Å². The molecule has 2 aliphatic heterocycles. The number of aromatic nitrogens is 3. The van der Waals surface area contributed by atoms with Gasteiger partial charge in [-0.05, 0) is 68.3 Å². The Morgan fingerprint density at radius 3 is 2.59 bits per heavy atom. The Bertz CT molecular complexity index is 1240. The number of para-hydroxylation sites is 3. The number of nitrogens with one attached hydrogen (secondary N) is 1. The monoisotopic (exact) mass is 425 g/mol. The molecule has 6 rings (SSSR count). The number of rotatable bonds is 3. The van der Waals surface area contributed by atoms with Crippen LogP contribution in [0.15, 0.2) is 60.9 Å². The Labute approximate surface area is 189 Å². The van der Waals surface area contributed by atoms with Crippen LogP contribution in [-0.2, 0) is 0 Å². The largest absolute Gasteiger partial charge is 0.361 e. The maximum absolute atomic E-state index is 4.89. The second kappa shape index (κ2) is 7.89. The average Bonchev–Trinajstić information content (AvgIpc) is 3.28. The van der Waals surface area contributed by atoms with Gasteiger partial charge in [0.1, 0.15) is 5.82 Å². The van der Waals surface area contributed by atoms with Crippen LogP contribution in [0.4, 0.5) is 5.82 Å². The van der Waals surface area contributed by atoms with Crippen LogP contribution in [0.3, 0.4) is 0 Å². The highest BCUT2D eigenvalue weighted by molar-refractivity contribution is 5.83. The van der Waals surface area contributed by atoms with Crippen LogP contribution >= 0.6 is 0 Å². The number of likely N-dealkylation sites (tertiary alicyclic amines) is 1. The van der Waals surface area contributed by atoms with E-state index in [1.165, 1.54) is 55.2 Å². The van der Waals surface area contributed by atoms with E-state index in [4.69, 9.17) is 4.98 Å². The van der Waals surface area contributed by atoms with Crippen molar-refractivity contribution in [1.82, 2.24) is 19.9 Å². The third-order valence-electron chi connectivity index (χ3n) is 7.89. The van der Waals surface area contributed by atoms with Gasteiger partial charge in [-0.3, -0.25) is 9.88 Å². The third-order valence-corrected chi connectivity index (χ3v) is 7.89. The molecule has 2 aliphatic rings. The van der Waals surface area contributed by atoms with E-state index < -0.39 is 0 Å². The SMILES string of the molecule is CC(c1c[nH]c2ccccc12)N1CCCC2(CCN(c3cnc4ccccc4n3)CC2)C1. The maximum atomic E-state index is 4.89. The van der Waals surface area contributed by atoms with Gasteiger partial charge in [-0.25, -0.2) is 4.98 Å². The molecule has 2 fully saturated rings. The van der Waals surface area contributed by atoms with Gasteiger partial charge in [0.15, 0.2) is 0 Å². The molecule has 5 nitrogen and oxygen atoms in total. The number of anilines is 1. The van der Waals surface area contributed by atoms with Gasteiger partial charge in [0, 0.05) is 42.8 Å². The Hall–Kier alpha value is -2.92. The highest BCUT2D eigenvalue weighted by Gasteiger charge is 2.40. The first kappa shape index (κ1) is 19.7. The predicted molar refractivity (Wildman–Crippen MR) is 131 cm³/mol. The van der Waals surface area contributed by atoms with Crippen molar-refractivity contribution < 1.29 is 0 Å². The number of nitrogens with zero attached hydrogens (tertiary/aromatic N) is 4. The van der Waals surface area contributed by atoms with Crippen molar-refractivity contribution in [3.8, 4) is 0 Å². The molecule has 2 aromatic carbocycles. The number of aromatic amines is 1. The van der Waals surface area contributed by atoms with E-state index in [1.54, 1.807) is 0 Å². The fourth-order valence-electron chi connectivity index (χ4n) is 5.93.